The fourth-order valence-corrected chi connectivity index (χ4v) is 13.9. The molecule has 5 aromatic rings. The zero-order valence-corrected chi connectivity index (χ0v) is 46.0. The van der Waals surface area contributed by atoms with Crippen LogP contribution in [0.4, 0.5) is 11.5 Å². The number of hydrogen-bond acceptors (Lipinski definition) is 16. The van der Waals surface area contributed by atoms with Gasteiger partial charge in [-0.15, -0.1) is 0 Å². The van der Waals surface area contributed by atoms with Crippen molar-refractivity contribution in [3.8, 4) is 23.3 Å². The SMILES string of the molecule is CC1CC(C)(C)Nc2cc3c(cc21)C(c1ccccc1C(=O)N(C)CCCC(=O)NCC#Cc1cn([C@H]2C[C@H](O)[C@@H](COP(=O)(O)OP(=O)(O)OP(=O)([O-])O)O2)c2ncnc(N)c12)=c1cc2c(cc1O3)=[NH+]C(C)(C)CC2C. The first-order valence-corrected chi connectivity index (χ1v) is 29.3. The highest BCUT2D eigenvalue weighted by atomic mass is 31.3. The maximum Gasteiger partial charge on any atom is 0.487 e. The van der Waals surface area contributed by atoms with Gasteiger partial charge in [0.25, 0.3) is 13.7 Å². The Morgan fingerprint density at radius 1 is 1.00 bits per heavy atom. The van der Waals surface area contributed by atoms with Gasteiger partial charge in [-0.2, -0.15) is 4.31 Å². The minimum Gasteiger partial charge on any atom is -0.756 e. The van der Waals surface area contributed by atoms with Gasteiger partial charge < -0.3 is 60.0 Å². The van der Waals surface area contributed by atoms with Crippen LogP contribution in [0.2, 0.25) is 0 Å². The molecule has 3 aromatic carbocycles. The zero-order valence-electron chi connectivity index (χ0n) is 43.3. The lowest BCUT2D eigenvalue weighted by molar-refractivity contribution is -0.588. The summed E-state index contributed by atoms with van der Waals surface area (Å²) in [7, 11) is -15.5. The normalized spacial score (nSPS) is 23.1. The van der Waals surface area contributed by atoms with Gasteiger partial charge in [0, 0.05) is 83.8 Å². The molecule has 77 heavy (non-hydrogen) atoms. The van der Waals surface area contributed by atoms with E-state index in [4.69, 9.17) is 20.1 Å². The molecule has 8 atom stereocenters. The molecule has 1 saturated heterocycles. The molecule has 4 aliphatic heterocycles. The van der Waals surface area contributed by atoms with Gasteiger partial charge in [-0.25, -0.2) is 28.4 Å². The number of aromatic nitrogens is 3. The first-order chi connectivity index (χ1) is 36.1. The van der Waals surface area contributed by atoms with Crippen molar-refractivity contribution in [2.45, 2.75) is 115 Å². The fraction of sp³-hybridized carbons (Fsp3) is 0.431. The summed E-state index contributed by atoms with van der Waals surface area (Å²) in [6, 6.07) is 16.3. The molecule has 0 aliphatic carbocycles. The Hall–Kier alpha value is -5.82. The number of aliphatic hydroxyl groups excluding tert-OH is 1. The number of carbonyl (C=O) groups is 2. The van der Waals surface area contributed by atoms with Crippen molar-refractivity contribution in [2.24, 2.45) is 0 Å². The molecule has 5 unspecified atom stereocenters. The van der Waals surface area contributed by atoms with Crippen LogP contribution in [0.5, 0.6) is 11.5 Å². The van der Waals surface area contributed by atoms with E-state index in [0.29, 0.717) is 34.4 Å². The van der Waals surface area contributed by atoms with Crippen LogP contribution in [-0.2, 0) is 36.4 Å². The van der Waals surface area contributed by atoms with Gasteiger partial charge in [0.2, 0.25) is 11.3 Å². The van der Waals surface area contributed by atoms with Gasteiger partial charge in [0.15, 0.2) is 5.54 Å². The largest absolute Gasteiger partial charge is 0.756 e. The molecule has 23 nitrogen and oxygen atoms in total. The lowest BCUT2D eigenvalue weighted by atomic mass is 9.79. The van der Waals surface area contributed by atoms with Gasteiger partial charge in [-0.05, 0) is 81.7 Å². The molecule has 410 valence electrons. The quantitative estimate of drug-likeness (QED) is 0.0539. The summed E-state index contributed by atoms with van der Waals surface area (Å²) in [6.45, 7) is 12.6. The second-order valence-corrected chi connectivity index (χ2v) is 25.6. The number of phosphoric acid groups is 3. The molecule has 4 aliphatic rings. The standard InChI is InChI=1S/C51H61N8O15P3/c1-28-23-50(3,4)56-37-20-40-35(18-33(28)37)46(36-19-34-29(2)24-51(5,6)57-38(34)21-41(36)71-40)31-13-8-9-14-32(31)49(62)58(7)17-11-15-43(61)53-16-10-12-30-25-59(48-45(30)47(52)54-27-55-48)44-22-39(60)42(72-44)26-70-76(66,67)74-77(68,69)73-75(63,64)65/h8-9,13-14,18-21,25,27-29,39,42,44,56,60H,11,15-17,22-24,26H2,1-7H3,(H,53,61)(H,66,67)(H,68,69)(H2,52,54,55)(H2,63,64,65)/t28?,29?,39-,42+,44+/m0/s1. The van der Waals surface area contributed by atoms with Gasteiger partial charge in [-0.3, -0.25) is 18.7 Å². The average Bonchev–Trinajstić information content (AvgIpc) is 3.94. The van der Waals surface area contributed by atoms with Crippen LogP contribution in [0, 0.1) is 11.8 Å². The number of aliphatic hydroxyl groups is 1. The summed E-state index contributed by atoms with van der Waals surface area (Å²) in [4.78, 5) is 80.2. The lowest BCUT2D eigenvalue weighted by Gasteiger charge is -2.38. The number of nitrogens with zero attached hydrogens (tertiary/aromatic N) is 4. The highest BCUT2D eigenvalue weighted by Gasteiger charge is 2.42. The predicted octanol–water partition coefficient (Wildman–Crippen LogP) is 3.43. The van der Waals surface area contributed by atoms with Crippen molar-refractivity contribution in [1.29, 1.82) is 0 Å². The molecule has 0 bridgehead atoms. The number of benzene rings is 3. The van der Waals surface area contributed by atoms with Crippen LogP contribution in [0.15, 0.2) is 61.1 Å². The minimum atomic E-state index is -5.85. The van der Waals surface area contributed by atoms with E-state index in [1.807, 2.05) is 24.3 Å². The first kappa shape index (κ1) is 55.9. The Labute approximate surface area is 443 Å². The van der Waals surface area contributed by atoms with Crippen LogP contribution in [0.3, 0.4) is 0 Å². The Balaban J connectivity index is 0.865. The maximum atomic E-state index is 14.6. The number of anilines is 2. The van der Waals surface area contributed by atoms with Gasteiger partial charge >= 0.3 is 15.6 Å². The Bertz CT molecular complexity index is 3550. The minimum absolute atomic E-state index is 0.0596. The molecule has 0 saturated carbocycles. The molecular formula is C51H61N8O15P3. The number of phosphoric ester groups is 1. The number of ether oxygens (including phenoxy) is 2. The molecule has 26 heteroatoms. The Morgan fingerprint density at radius 2 is 1.74 bits per heavy atom. The Kier molecular flexibility index (Phi) is 15.3. The summed E-state index contributed by atoms with van der Waals surface area (Å²) in [5, 5.41) is 19.5. The number of amides is 2. The second kappa shape index (κ2) is 21.1. The van der Waals surface area contributed by atoms with Crippen LogP contribution >= 0.6 is 23.5 Å². The molecule has 0 radical (unpaired) electrons. The monoisotopic (exact) mass is 1120 g/mol. The van der Waals surface area contributed by atoms with Crippen molar-refractivity contribution in [3.05, 3.63) is 105 Å². The summed E-state index contributed by atoms with van der Waals surface area (Å²) in [6.07, 6.45) is 1.32. The molecule has 2 aromatic heterocycles. The fourth-order valence-electron chi connectivity index (χ4n) is 10.9. The zero-order chi connectivity index (χ0) is 55.6. The molecular weight excluding hydrogens is 1060 g/mol. The second-order valence-electron chi connectivity index (χ2n) is 21.2. The summed E-state index contributed by atoms with van der Waals surface area (Å²) >= 11 is 0. The molecule has 1 fully saturated rings. The third-order valence-corrected chi connectivity index (χ3v) is 17.7. The van der Waals surface area contributed by atoms with Gasteiger partial charge in [0.05, 0.1) is 36.3 Å². The number of nitrogen functional groups attached to an aromatic ring is 1. The van der Waals surface area contributed by atoms with E-state index >= 15 is 0 Å². The summed E-state index contributed by atoms with van der Waals surface area (Å²) in [5.74, 6) is 7.38. The van der Waals surface area contributed by atoms with E-state index in [1.165, 1.54) is 28.2 Å². The molecule has 9 N–H and O–H groups in total. The topological polar surface area (TPSA) is 333 Å². The number of hydrogen-bond donors (Lipinski definition) is 8. The van der Waals surface area contributed by atoms with E-state index in [-0.39, 0.29) is 72.1 Å². The average molecular weight is 1120 g/mol. The van der Waals surface area contributed by atoms with Crippen molar-refractivity contribution < 1.29 is 75.6 Å². The molecule has 6 heterocycles. The van der Waals surface area contributed by atoms with E-state index in [9.17, 15) is 43.1 Å². The maximum absolute atomic E-state index is 14.6. The highest BCUT2D eigenvalue weighted by molar-refractivity contribution is 7.66. The predicted molar refractivity (Wildman–Crippen MR) is 278 cm³/mol. The van der Waals surface area contributed by atoms with E-state index in [2.05, 4.69) is 116 Å². The van der Waals surface area contributed by atoms with Crippen LogP contribution < -0.4 is 41.6 Å². The van der Waals surface area contributed by atoms with Crippen molar-refractivity contribution >= 4 is 63.4 Å². The summed E-state index contributed by atoms with van der Waals surface area (Å²) < 4.78 is 60.9. The third kappa shape index (κ3) is 12.4. The van der Waals surface area contributed by atoms with Crippen LogP contribution in [0.25, 0.3) is 16.6 Å². The first-order valence-electron chi connectivity index (χ1n) is 24.9. The Morgan fingerprint density at radius 3 is 2.49 bits per heavy atom. The van der Waals surface area contributed by atoms with E-state index in [1.54, 1.807) is 11.9 Å². The van der Waals surface area contributed by atoms with Gasteiger partial charge in [0.1, 0.15) is 41.6 Å². The van der Waals surface area contributed by atoms with Crippen molar-refractivity contribution in [2.75, 3.05) is 37.8 Å². The number of nitrogens with one attached hydrogen (secondary N) is 3. The van der Waals surface area contributed by atoms with Crippen molar-refractivity contribution in [1.82, 2.24) is 24.8 Å². The smallest absolute Gasteiger partial charge is 0.487 e. The lowest BCUT2D eigenvalue weighted by Crippen LogP contribution is -2.90. The van der Waals surface area contributed by atoms with E-state index in [0.717, 1.165) is 45.8 Å². The summed E-state index contributed by atoms with van der Waals surface area (Å²) in [5.41, 5.74) is 13.1. The highest BCUT2D eigenvalue weighted by Crippen LogP contribution is 2.65. The third-order valence-electron chi connectivity index (χ3n) is 13.9. The molecule has 2 amide bonds. The number of fused-ring (bicyclic) bond motifs is 5. The van der Waals surface area contributed by atoms with Gasteiger partial charge in [-0.1, -0.05) is 43.9 Å². The van der Waals surface area contributed by atoms with Crippen molar-refractivity contribution in [3.63, 3.8) is 0 Å². The number of rotatable bonds is 15. The number of carbonyl (C=O) groups excluding carboxylic acids is 2. The molecule has 9 rings (SSSR count). The van der Waals surface area contributed by atoms with E-state index < -0.39 is 48.5 Å². The molecule has 0 spiro atoms. The number of nitrogens with two attached hydrogens (primary N) is 1. The van der Waals surface area contributed by atoms with Crippen LogP contribution in [-0.4, -0.2) is 101 Å². The van der Waals surface area contributed by atoms with Crippen LogP contribution in [0.1, 0.15) is 130 Å².